The maximum atomic E-state index is 13.0. The Kier molecular flexibility index (Phi) is 5.19. The zero-order valence-corrected chi connectivity index (χ0v) is 16.9. The molecule has 1 amide bonds. The summed E-state index contributed by atoms with van der Waals surface area (Å²) in [5, 5.41) is 11.0. The van der Waals surface area contributed by atoms with Gasteiger partial charge in [0, 0.05) is 24.5 Å². The number of pyridine rings is 1. The van der Waals surface area contributed by atoms with Crippen LogP contribution in [0.1, 0.15) is 33.9 Å². The Morgan fingerprint density at radius 1 is 0.967 bits per heavy atom. The molecule has 0 aliphatic carbocycles. The van der Waals surface area contributed by atoms with Crippen LogP contribution < -0.4 is 0 Å². The molecule has 2 heterocycles. The third-order valence-electron chi connectivity index (χ3n) is 5.33. The molecule has 30 heavy (non-hydrogen) atoms. The number of aromatic nitrogens is 1. The molecule has 1 fully saturated rings. The van der Waals surface area contributed by atoms with Gasteiger partial charge in [0.2, 0.25) is 0 Å². The summed E-state index contributed by atoms with van der Waals surface area (Å²) in [7, 11) is 0. The third-order valence-corrected chi connectivity index (χ3v) is 5.33. The number of aryl methyl sites for hydroxylation is 2. The highest BCUT2D eigenvalue weighted by Gasteiger charge is 2.46. The van der Waals surface area contributed by atoms with Gasteiger partial charge in [-0.25, -0.2) is 0 Å². The van der Waals surface area contributed by atoms with E-state index in [1.54, 1.807) is 30.6 Å². The van der Waals surface area contributed by atoms with Gasteiger partial charge in [0.15, 0.2) is 0 Å². The highest BCUT2D eigenvalue weighted by atomic mass is 16.3. The average Bonchev–Trinajstić information content (AvgIpc) is 3.00. The number of carbonyl (C=O) groups excluding carboxylic acids is 2. The number of carbonyl (C=O) groups is 2. The van der Waals surface area contributed by atoms with Crippen LogP contribution in [0.15, 0.2) is 78.6 Å². The lowest BCUT2D eigenvalue weighted by molar-refractivity contribution is -0.140. The summed E-state index contributed by atoms with van der Waals surface area (Å²) >= 11 is 0. The zero-order chi connectivity index (χ0) is 21.3. The van der Waals surface area contributed by atoms with Crippen molar-refractivity contribution >= 4 is 17.4 Å². The number of benzene rings is 2. The fourth-order valence-corrected chi connectivity index (χ4v) is 3.69. The summed E-state index contributed by atoms with van der Waals surface area (Å²) in [4.78, 5) is 31.6. The number of aliphatic hydroxyl groups is 1. The summed E-state index contributed by atoms with van der Waals surface area (Å²) in [5.41, 5.74) is 4.32. The number of amides is 1. The molecule has 5 heteroatoms. The number of hydrogen-bond donors (Lipinski definition) is 1. The number of hydrogen-bond acceptors (Lipinski definition) is 4. The molecular weight excluding hydrogens is 376 g/mol. The van der Waals surface area contributed by atoms with Gasteiger partial charge in [0.25, 0.3) is 11.7 Å². The molecule has 0 spiro atoms. The summed E-state index contributed by atoms with van der Waals surface area (Å²) in [6.07, 6.45) is 3.33. The predicted octanol–water partition coefficient (Wildman–Crippen LogP) is 4.32. The van der Waals surface area contributed by atoms with Crippen LogP contribution >= 0.6 is 0 Å². The molecule has 1 aliphatic rings. The van der Waals surface area contributed by atoms with E-state index in [1.807, 2.05) is 56.3 Å². The van der Waals surface area contributed by atoms with Gasteiger partial charge in [0.05, 0.1) is 11.6 Å². The monoisotopic (exact) mass is 398 g/mol. The van der Waals surface area contributed by atoms with Crippen molar-refractivity contribution in [1.29, 1.82) is 0 Å². The molecule has 150 valence electrons. The summed E-state index contributed by atoms with van der Waals surface area (Å²) < 4.78 is 0. The average molecular weight is 398 g/mol. The minimum absolute atomic E-state index is 0.108. The molecule has 2 aromatic carbocycles. The second kappa shape index (κ2) is 7.95. The first-order chi connectivity index (χ1) is 14.5. The number of rotatable bonds is 4. The van der Waals surface area contributed by atoms with Crippen LogP contribution in [0, 0.1) is 13.8 Å². The minimum atomic E-state index is -0.678. The minimum Gasteiger partial charge on any atom is -0.507 e. The van der Waals surface area contributed by atoms with Crippen LogP contribution in [0.5, 0.6) is 0 Å². The van der Waals surface area contributed by atoms with Gasteiger partial charge >= 0.3 is 0 Å². The summed E-state index contributed by atoms with van der Waals surface area (Å²) in [5.74, 6) is -1.46. The van der Waals surface area contributed by atoms with Crippen molar-refractivity contribution < 1.29 is 14.7 Å². The molecule has 1 N–H and O–H groups in total. The SMILES string of the molecule is Cc1ccc(/C(O)=C2\C(=O)C(=O)N(Cc3cccnc3)[C@H]2c2ccc(C)cc2)cc1. The molecule has 3 aromatic rings. The summed E-state index contributed by atoms with van der Waals surface area (Å²) in [6, 6.07) is 17.9. The first-order valence-electron chi connectivity index (χ1n) is 9.76. The van der Waals surface area contributed by atoms with Gasteiger partial charge in [-0.15, -0.1) is 0 Å². The van der Waals surface area contributed by atoms with E-state index in [9.17, 15) is 14.7 Å². The van der Waals surface area contributed by atoms with Gasteiger partial charge < -0.3 is 10.0 Å². The Morgan fingerprint density at radius 2 is 1.60 bits per heavy atom. The highest BCUT2D eigenvalue weighted by Crippen LogP contribution is 2.40. The molecule has 1 saturated heterocycles. The molecule has 1 aromatic heterocycles. The number of aliphatic hydroxyl groups excluding tert-OH is 1. The molecule has 0 bridgehead atoms. The molecule has 0 unspecified atom stereocenters. The van der Waals surface area contributed by atoms with E-state index in [0.29, 0.717) is 5.56 Å². The van der Waals surface area contributed by atoms with E-state index >= 15 is 0 Å². The maximum Gasteiger partial charge on any atom is 0.295 e. The van der Waals surface area contributed by atoms with Crippen LogP contribution in [0.4, 0.5) is 0 Å². The fourth-order valence-electron chi connectivity index (χ4n) is 3.69. The van der Waals surface area contributed by atoms with Gasteiger partial charge in [-0.3, -0.25) is 14.6 Å². The lowest BCUT2D eigenvalue weighted by Crippen LogP contribution is -2.29. The van der Waals surface area contributed by atoms with Crippen molar-refractivity contribution in [3.63, 3.8) is 0 Å². The number of Topliss-reactive ketones (excluding diaryl/α,β-unsaturated/α-hetero) is 1. The largest absolute Gasteiger partial charge is 0.507 e. The first-order valence-corrected chi connectivity index (χ1v) is 9.76. The van der Waals surface area contributed by atoms with Crippen molar-refractivity contribution in [2.24, 2.45) is 0 Å². The molecule has 1 atom stereocenters. The van der Waals surface area contributed by atoms with Gasteiger partial charge in [-0.2, -0.15) is 0 Å². The van der Waals surface area contributed by atoms with E-state index in [-0.39, 0.29) is 17.9 Å². The van der Waals surface area contributed by atoms with Crippen molar-refractivity contribution in [2.75, 3.05) is 0 Å². The van der Waals surface area contributed by atoms with Gasteiger partial charge in [-0.05, 0) is 31.0 Å². The maximum absolute atomic E-state index is 13.0. The topological polar surface area (TPSA) is 70.5 Å². The van der Waals surface area contributed by atoms with E-state index in [2.05, 4.69) is 4.98 Å². The van der Waals surface area contributed by atoms with Crippen molar-refractivity contribution in [3.05, 3.63) is 106 Å². The lowest BCUT2D eigenvalue weighted by Gasteiger charge is -2.25. The Balaban J connectivity index is 1.85. The zero-order valence-electron chi connectivity index (χ0n) is 16.9. The van der Waals surface area contributed by atoms with Crippen LogP contribution in [-0.4, -0.2) is 26.7 Å². The van der Waals surface area contributed by atoms with Crippen molar-refractivity contribution in [2.45, 2.75) is 26.4 Å². The second-order valence-corrected chi connectivity index (χ2v) is 7.56. The molecule has 0 radical (unpaired) electrons. The number of likely N-dealkylation sites (tertiary alicyclic amines) is 1. The molecule has 4 rings (SSSR count). The van der Waals surface area contributed by atoms with Gasteiger partial charge in [0.1, 0.15) is 5.76 Å². The Morgan fingerprint density at radius 3 is 2.20 bits per heavy atom. The number of ketones is 1. The Labute approximate surface area is 175 Å². The molecule has 0 saturated carbocycles. The lowest BCUT2D eigenvalue weighted by atomic mass is 9.94. The fraction of sp³-hybridized carbons (Fsp3) is 0.160. The van der Waals surface area contributed by atoms with E-state index < -0.39 is 17.7 Å². The van der Waals surface area contributed by atoms with Gasteiger partial charge in [-0.1, -0.05) is 65.7 Å². The van der Waals surface area contributed by atoms with E-state index in [0.717, 1.165) is 22.3 Å². The van der Waals surface area contributed by atoms with Crippen molar-refractivity contribution in [3.8, 4) is 0 Å². The Bertz CT molecular complexity index is 1120. The molecule has 1 aliphatic heterocycles. The summed E-state index contributed by atoms with van der Waals surface area (Å²) in [6.45, 7) is 4.15. The van der Waals surface area contributed by atoms with Crippen LogP contribution in [0.25, 0.3) is 5.76 Å². The third kappa shape index (κ3) is 3.62. The van der Waals surface area contributed by atoms with Crippen LogP contribution in [-0.2, 0) is 16.1 Å². The van der Waals surface area contributed by atoms with Crippen LogP contribution in [0.3, 0.4) is 0 Å². The predicted molar refractivity (Wildman–Crippen MR) is 114 cm³/mol. The van der Waals surface area contributed by atoms with E-state index in [4.69, 9.17) is 0 Å². The quantitative estimate of drug-likeness (QED) is 0.404. The second-order valence-electron chi connectivity index (χ2n) is 7.56. The smallest absolute Gasteiger partial charge is 0.295 e. The van der Waals surface area contributed by atoms with E-state index in [1.165, 1.54) is 4.90 Å². The number of nitrogens with zero attached hydrogens (tertiary/aromatic N) is 2. The standard InChI is InChI=1S/C25H22N2O3/c1-16-5-9-19(10-6-16)22-21(23(28)20-11-7-17(2)8-12-20)24(29)25(30)27(22)15-18-4-3-13-26-14-18/h3-14,22,28H,15H2,1-2H3/b23-21+/t22-/m0/s1. The molecular formula is C25H22N2O3. The molecule has 5 nitrogen and oxygen atoms in total. The Hall–Kier alpha value is -3.73. The van der Waals surface area contributed by atoms with Crippen molar-refractivity contribution in [1.82, 2.24) is 9.88 Å². The normalized spacial score (nSPS) is 18.1. The highest BCUT2D eigenvalue weighted by molar-refractivity contribution is 6.46. The van der Waals surface area contributed by atoms with Crippen LogP contribution in [0.2, 0.25) is 0 Å². The first kappa shape index (κ1) is 19.6.